The summed E-state index contributed by atoms with van der Waals surface area (Å²) in [6, 6.07) is 13.2. The van der Waals surface area contributed by atoms with Crippen molar-refractivity contribution in [2.75, 3.05) is 0 Å². The number of fused-ring (bicyclic) bond motifs is 1. The molecule has 0 atom stereocenters. The van der Waals surface area contributed by atoms with E-state index in [4.69, 9.17) is 0 Å². The summed E-state index contributed by atoms with van der Waals surface area (Å²) in [5.41, 5.74) is 4.33. The van der Waals surface area contributed by atoms with Crippen LogP contribution in [0.3, 0.4) is 0 Å². The van der Waals surface area contributed by atoms with Crippen LogP contribution in [0.4, 0.5) is 5.69 Å². The lowest BCUT2D eigenvalue weighted by Crippen LogP contribution is -2.17. The van der Waals surface area contributed by atoms with Crippen molar-refractivity contribution in [2.45, 2.75) is 0 Å². The second-order valence-electron chi connectivity index (χ2n) is 4.80. The summed E-state index contributed by atoms with van der Waals surface area (Å²) in [5, 5.41) is 15.4. The number of carbonyl (C=O) groups is 1. The number of nitrogens with zero attached hydrogens (tertiary/aromatic N) is 2. The van der Waals surface area contributed by atoms with Crippen LogP contribution in [0.25, 0.3) is 10.9 Å². The summed E-state index contributed by atoms with van der Waals surface area (Å²) in [4.78, 5) is 25.3. The van der Waals surface area contributed by atoms with Gasteiger partial charge in [-0.25, -0.2) is 5.43 Å². The summed E-state index contributed by atoms with van der Waals surface area (Å²) in [6.45, 7) is 0. The van der Waals surface area contributed by atoms with Crippen molar-refractivity contribution in [3.63, 3.8) is 0 Å². The average molecular weight is 308 g/mol. The van der Waals surface area contributed by atoms with Crippen LogP contribution >= 0.6 is 0 Å². The minimum atomic E-state index is -0.473. The van der Waals surface area contributed by atoms with Crippen molar-refractivity contribution in [3.8, 4) is 0 Å². The van der Waals surface area contributed by atoms with Gasteiger partial charge in [-0.3, -0.25) is 14.9 Å². The highest BCUT2D eigenvalue weighted by Gasteiger charge is 2.09. The molecule has 7 nitrogen and oxygen atoms in total. The fraction of sp³-hybridized carbons (Fsp3) is 0. The van der Waals surface area contributed by atoms with Crippen molar-refractivity contribution in [3.05, 3.63) is 76.0 Å². The van der Waals surface area contributed by atoms with Gasteiger partial charge in [0.05, 0.1) is 22.2 Å². The number of para-hydroxylation sites is 1. The number of hydrogen-bond donors (Lipinski definition) is 2. The largest absolute Gasteiger partial charge is 0.361 e. The smallest absolute Gasteiger partial charge is 0.273 e. The number of rotatable bonds is 4. The van der Waals surface area contributed by atoms with E-state index in [9.17, 15) is 14.9 Å². The summed E-state index contributed by atoms with van der Waals surface area (Å²) in [6.07, 6.45) is 3.19. The van der Waals surface area contributed by atoms with Crippen molar-refractivity contribution in [2.24, 2.45) is 5.10 Å². The van der Waals surface area contributed by atoms with Crippen LogP contribution in [0.15, 0.2) is 59.8 Å². The standard InChI is InChI=1S/C16H12N4O3/c21-16(14-3-1-2-12-8-9-17-15(12)14)19-18-10-11-4-6-13(7-5-11)20(22)23/h1-10,17H,(H,19,21). The lowest BCUT2D eigenvalue weighted by Gasteiger charge is -2.01. The molecule has 23 heavy (non-hydrogen) atoms. The predicted octanol–water partition coefficient (Wildman–Crippen LogP) is 2.84. The first-order valence-corrected chi connectivity index (χ1v) is 6.79. The van der Waals surface area contributed by atoms with Crippen molar-refractivity contribution in [1.29, 1.82) is 0 Å². The number of carbonyl (C=O) groups excluding carboxylic acids is 1. The molecule has 0 unspecified atom stereocenters. The molecule has 1 heterocycles. The van der Waals surface area contributed by atoms with Crippen LogP contribution in [0.2, 0.25) is 0 Å². The summed E-state index contributed by atoms with van der Waals surface area (Å²) < 4.78 is 0. The number of hydrogen-bond acceptors (Lipinski definition) is 4. The Morgan fingerprint density at radius 2 is 1.96 bits per heavy atom. The number of non-ortho nitro benzene ring substituents is 1. The number of amides is 1. The zero-order valence-corrected chi connectivity index (χ0v) is 11.9. The highest BCUT2D eigenvalue weighted by molar-refractivity contribution is 6.05. The number of H-pyrrole nitrogens is 1. The normalized spacial score (nSPS) is 11.0. The minimum Gasteiger partial charge on any atom is -0.361 e. The predicted molar refractivity (Wildman–Crippen MR) is 86.5 cm³/mol. The molecule has 0 bridgehead atoms. The highest BCUT2D eigenvalue weighted by atomic mass is 16.6. The van der Waals surface area contributed by atoms with Gasteiger partial charge in [-0.15, -0.1) is 0 Å². The van der Waals surface area contributed by atoms with E-state index in [2.05, 4.69) is 15.5 Å². The Labute approximate surface area is 130 Å². The molecule has 114 valence electrons. The number of hydrazone groups is 1. The molecular formula is C16H12N4O3. The van der Waals surface area contributed by atoms with Gasteiger partial charge in [-0.05, 0) is 29.8 Å². The molecule has 0 aliphatic rings. The van der Waals surface area contributed by atoms with Crippen molar-refractivity contribution >= 4 is 28.7 Å². The summed E-state index contributed by atoms with van der Waals surface area (Å²) in [7, 11) is 0. The zero-order chi connectivity index (χ0) is 16.2. The van der Waals surface area contributed by atoms with E-state index in [0.29, 0.717) is 11.1 Å². The Morgan fingerprint density at radius 3 is 2.70 bits per heavy atom. The third kappa shape index (κ3) is 3.08. The molecule has 1 aromatic heterocycles. The van der Waals surface area contributed by atoms with Gasteiger partial charge in [0.25, 0.3) is 11.6 Å². The molecule has 3 rings (SSSR count). The molecule has 2 N–H and O–H groups in total. The summed E-state index contributed by atoms with van der Waals surface area (Å²) in [5.74, 6) is -0.337. The molecule has 2 aromatic carbocycles. The quantitative estimate of drug-likeness (QED) is 0.440. The van der Waals surface area contributed by atoms with E-state index in [-0.39, 0.29) is 11.6 Å². The molecule has 0 saturated carbocycles. The van der Waals surface area contributed by atoms with Crippen LogP contribution in [-0.4, -0.2) is 22.0 Å². The maximum absolute atomic E-state index is 12.2. The van der Waals surface area contributed by atoms with Gasteiger partial charge >= 0.3 is 0 Å². The summed E-state index contributed by atoms with van der Waals surface area (Å²) >= 11 is 0. The Balaban J connectivity index is 1.71. The van der Waals surface area contributed by atoms with Gasteiger partial charge < -0.3 is 4.98 Å². The molecule has 3 aromatic rings. The monoisotopic (exact) mass is 308 g/mol. The first-order valence-electron chi connectivity index (χ1n) is 6.79. The Hall–Kier alpha value is -3.48. The Morgan fingerprint density at radius 1 is 1.17 bits per heavy atom. The first kappa shape index (κ1) is 14.5. The van der Waals surface area contributed by atoms with Crippen LogP contribution in [0, 0.1) is 10.1 Å². The SMILES string of the molecule is O=C(NN=Cc1ccc([N+](=O)[O-])cc1)c1cccc2cc[nH]c12. The number of nitro benzene ring substituents is 1. The van der Waals surface area contributed by atoms with E-state index in [1.54, 1.807) is 30.5 Å². The molecule has 0 saturated heterocycles. The van der Waals surface area contributed by atoms with Gasteiger partial charge in [-0.2, -0.15) is 5.10 Å². The topological polar surface area (TPSA) is 100 Å². The molecule has 7 heteroatoms. The fourth-order valence-electron chi connectivity index (χ4n) is 2.18. The van der Waals surface area contributed by atoms with Gasteiger partial charge in [0.1, 0.15) is 0 Å². The van der Waals surface area contributed by atoms with Gasteiger partial charge in [0.2, 0.25) is 0 Å². The maximum atomic E-state index is 12.2. The van der Waals surface area contributed by atoms with Crippen molar-refractivity contribution < 1.29 is 9.72 Å². The Kier molecular flexibility index (Phi) is 3.84. The lowest BCUT2D eigenvalue weighted by atomic mass is 10.1. The molecule has 0 aliphatic carbocycles. The molecule has 0 radical (unpaired) electrons. The maximum Gasteiger partial charge on any atom is 0.273 e. The second-order valence-corrected chi connectivity index (χ2v) is 4.80. The van der Waals surface area contributed by atoms with Crippen LogP contribution in [0.1, 0.15) is 15.9 Å². The lowest BCUT2D eigenvalue weighted by molar-refractivity contribution is -0.384. The number of nitrogens with one attached hydrogen (secondary N) is 2. The molecule has 1 amide bonds. The van der Waals surface area contributed by atoms with E-state index in [0.717, 1.165) is 10.9 Å². The molecule has 0 fully saturated rings. The highest BCUT2D eigenvalue weighted by Crippen LogP contribution is 2.16. The number of aromatic amines is 1. The van der Waals surface area contributed by atoms with Gasteiger partial charge in [-0.1, -0.05) is 12.1 Å². The first-order chi connectivity index (χ1) is 11.1. The van der Waals surface area contributed by atoms with E-state index < -0.39 is 4.92 Å². The van der Waals surface area contributed by atoms with Gasteiger partial charge in [0, 0.05) is 23.7 Å². The molecule has 0 spiro atoms. The molecular weight excluding hydrogens is 296 g/mol. The van der Waals surface area contributed by atoms with Crippen LogP contribution in [0.5, 0.6) is 0 Å². The zero-order valence-electron chi connectivity index (χ0n) is 11.9. The third-order valence-electron chi connectivity index (χ3n) is 3.32. The van der Waals surface area contributed by atoms with Crippen molar-refractivity contribution in [1.82, 2.24) is 10.4 Å². The van der Waals surface area contributed by atoms with Gasteiger partial charge in [0.15, 0.2) is 0 Å². The molecule has 0 aliphatic heterocycles. The van der Waals surface area contributed by atoms with E-state index in [1.807, 2.05) is 12.1 Å². The minimum absolute atomic E-state index is 0.00427. The second kappa shape index (κ2) is 6.10. The third-order valence-corrected chi connectivity index (χ3v) is 3.32. The van der Waals surface area contributed by atoms with Crippen LogP contribution < -0.4 is 5.43 Å². The van der Waals surface area contributed by atoms with E-state index in [1.165, 1.54) is 18.3 Å². The Bertz CT molecular complexity index is 897. The number of benzene rings is 2. The average Bonchev–Trinajstić information content (AvgIpc) is 3.03. The van der Waals surface area contributed by atoms with Crippen LogP contribution in [-0.2, 0) is 0 Å². The fourth-order valence-corrected chi connectivity index (χ4v) is 2.18. The number of nitro groups is 1. The number of aromatic nitrogens is 1. The van der Waals surface area contributed by atoms with E-state index >= 15 is 0 Å².